The van der Waals surface area contributed by atoms with Gasteiger partial charge in [0.2, 0.25) is 0 Å². The van der Waals surface area contributed by atoms with Gasteiger partial charge in [0.25, 0.3) is 5.91 Å². The molecule has 1 unspecified atom stereocenters. The van der Waals surface area contributed by atoms with E-state index in [-0.39, 0.29) is 5.56 Å². The highest BCUT2D eigenvalue weighted by Gasteiger charge is 2.20. The van der Waals surface area contributed by atoms with Crippen LogP contribution in [-0.2, 0) is 6.42 Å². The highest BCUT2D eigenvalue weighted by Crippen LogP contribution is 2.21. The van der Waals surface area contributed by atoms with E-state index >= 15 is 0 Å². The van der Waals surface area contributed by atoms with Crippen LogP contribution >= 0.6 is 0 Å². The highest BCUT2D eigenvalue weighted by atomic mass is 19.2. The lowest BCUT2D eigenvalue weighted by Gasteiger charge is -2.17. The molecule has 6 heteroatoms. The average molecular weight is 377 g/mol. The van der Waals surface area contributed by atoms with Crippen LogP contribution in [0.4, 0.5) is 8.78 Å². The fraction of sp³-hybridized carbons (Fsp3) is 0.0909. The number of nitrogens with zero attached hydrogens (tertiary/aromatic N) is 1. The number of benzene rings is 3. The molecule has 0 spiro atoms. The summed E-state index contributed by atoms with van der Waals surface area (Å²) in [7, 11) is 0. The molecule has 28 heavy (non-hydrogen) atoms. The van der Waals surface area contributed by atoms with Crippen molar-refractivity contribution in [3.8, 4) is 0 Å². The van der Waals surface area contributed by atoms with Crippen molar-refractivity contribution in [2.75, 3.05) is 0 Å². The van der Waals surface area contributed by atoms with E-state index in [1.807, 2.05) is 54.6 Å². The summed E-state index contributed by atoms with van der Waals surface area (Å²) >= 11 is 0. The third-order valence-electron chi connectivity index (χ3n) is 4.51. The number of para-hydroxylation sites is 2. The van der Waals surface area contributed by atoms with Crippen molar-refractivity contribution in [2.24, 2.45) is 0 Å². The maximum atomic E-state index is 13.5. The van der Waals surface area contributed by atoms with E-state index in [4.69, 9.17) is 0 Å². The SMILES string of the molecule is O=C(NC(Cc1ccccc1)c1nc2ccccc2[nH]1)c1ccc(F)c(F)c1. The third-order valence-corrected chi connectivity index (χ3v) is 4.51. The highest BCUT2D eigenvalue weighted by molar-refractivity contribution is 5.94. The van der Waals surface area contributed by atoms with E-state index in [1.54, 1.807) is 0 Å². The second-order valence-corrected chi connectivity index (χ2v) is 6.48. The lowest BCUT2D eigenvalue weighted by Crippen LogP contribution is -2.31. The number of hydrogen-bond acceptors (Lipinski definition) is 2. The van der Waals surface area contributed by atoms with Crippen LogP contribution < -0.4 is 5.32 Å². The third kappa shape index (κ3) is 3.76. The number of amides is 1. The van der Waals surface area contributed by atoms with Gasteiger partial charge in [0.05, 0.1) is 17.1 Å². The van der Waals surface area contributed by atoms with E-state index in [2.05, 4.69) is 15.3 Å². The maximum absolute atomic E-state index is 13.5. The molecular formula is C22H17F2N3O. The predicted molar refractivity (Wildman–Crippen MR) is 103 cm³/mol. The lowest BCUT2D eigenvalue weighted by atomic mass is 10.0. The number of halogens is 2. The Kier molecular flexibility index (Phi) is 4.85. The standard InChI is InChI=1S/C22H17F2N3O/c23-16-11-10-15(13-17(16)24)22(28)27-20(12-14-6-2-1-3-7-14)21-25-18-8-4-5-9-19(18)26-21/h1-11,13,20H,12H2,(H,25,26)(H,27,28). The van der Waals surface area contributed by atoms with Gasteiger partial charge in [-0.3, -0.25) is 4.79 Å². The number of hydrogen-bond donors (Lipinski definition) is 2. The minimum Gasteiger partial charge on any atom is -0.342 e. The van der Waals surface area contributed by atoms with E-state index in [1.165, 1.54) is 6.07 Å². The summed E-state index contributed by atoms with van der Waals surface area (Å²) in [6.45, 7) is 0. The number of aromatic nitrogens is 2. The zero-order chi connectivity index (χ0) is 19.5. The number of nitrogens with one attached hydrogen (secondary N) is 2. The van der Waals surface area contributed by atoms with Gasteiger partial charge in [-0.05, 0) is 42.3 Å². The molecule has 0 bridgehead atoms. The van der Waals surface area contributed by atoms with Crippen molar-refractivity contribution in [1.29, 1.82) is 0 Å². The normalized spacial score (nSPS) is 12.1. The second kappa shape index (κ2) is 7.60. The van der Waals surface area contributed by atoms with Gasteiger partial charge in [0.15, 0.2) is 11.6 Å². The van der Waals surface area contributed by atoms with Crippen LogP contribution in [0.5, 0.6) is 0 Å². The molecule has 4 rings (SSSR count). The van der Waals surface area contributed by atoms with Crippen LogP contribution in [0.25, 0.3) is 11.0 Å². The Morgan fingerprint density at radius 3 is 2.46 bits per heavy atom. The van der Waals surface area contributed by atoms with Crippen LogP contribution in [0.2, 0.25) is 0 Å². The summed E-state index contributed by atoms with van der Waals surface area (Å²) < 4.78 is 26.7. The molecule has 2 N–H and O–H groups in total. The summed E-state index contributed by atoms with van der Waals surface area (Å²) in [6.07, 6.45) is 0.496. The lowest BCUT2D eigenvalue weighted by molar-refractivity contribution is 0.0934. The molecule has 0 aliphatic carbocycles. The first kappa shape index (κ1) is 17.9. The number of rotatable bonds is 5. The van der Waals surface area contributed by atoms with Gasteiger partial charge in [-0.1, -0.05) is 42.5 Å². The fourth-order valence-corrected chi connectivity index (χ4v) is 3.08. The Labute approximate surface area is 160 Å². The van der Waals surface area contributed by atoms with Crippen LogP contribution in [0.1, 0.15) is 27.8 Å². The van der Waals surface area contributed by atoms with E-state index < -0.39 is 23.6 Å². The van der Waals surface area contributed by atoms with Gasteiger partial charge in [0, 0.05) is 5.56 Å². The van der Waals surface area contributed by atoms with Crippen molar-refractivity contribution >= 4 is 16.9 Å². The Balaban J connectivity index is 1.65. The van der Waals surface area contributed by atoms with Crippen molar-refractivity contribution in [3.63, 3.8) is 0 Å². The Morgan fingerprint density at radius 2 is 1.71 bits per heavy atom. The molecule has 140 valence electrons. The molecule has 4 aromatic rings. The van der Waals surface area contributed by atoms with Crippen molar-refractivity contribution in [3.05, 3.63) is 101 Å². The van der Waals surface area contributed by atoms with Crippen molar-refractivity contribution in [2.45, 2.75) is 12.5 Å². The summed E-state index contributed by atoms with van der Waals surface area (Å²) in [4.78, 5) is 20.5. The second-order valence-electron chi connectivity index (χ2n) is 6.48. The topological polar surface area (TPSA) is 57.8 Å². The molecule has 1 atom stereocenters. The zero-order valence-electron chi connectivity index (χ0n) is 14.8. The quantitative estimate of drug-likeness (QED) is 0.536. The maximum Gasteiger partial charge on any atom is 0.251 e. The van der Waals surface area contributed by atoms with Gasteiger partial charge < -0.3 is 10.3 Å². The number of imidazole rings is 1. The number of carbonyl (C=O) groups excluding carboxylic acids is 1. The average Bonchev–Trinajstić information content (AvgIpc) is 3.14. The monoisotopic (exact) mass is 377 g/mol. The predicted octanol–water partition coefficient (Wildman–Crippen LogP) is 4.55. The van der Waals surface area contributed by atoms with Gasteiger partial charge in [-0.2, -0.15) is 0 Å². The number of fused-ring (bicyclic) bond motifs is 1. The molecule has 1 amide bonds. The number of aromatic amines is 1. The number of H-pyrrole nitrogens is 1. The molecular weight excluding hydrogens is 360 g/mol. The van der Waals surface area contributed by atoms with Gasteiger partial charge >= 0.3 is 0 Å². The Hall–Kier alpha value is -3.54. The molecule has 0 radical (unpaired) electrons. The first-order valence-corrected chi connectivity index (χ1v) is 8.84. The first-order valence-electron chi connectivity index (χ1n) is 8.84. The molecule has 0 saturated carbocycles. The summed E-state index contributed by atoms with van der Waals surface area (Å²) in [6, 6.07) is 19.9. The van der Waals surface area contributed by atoms with Crippen LogP contribution in [-0.4, -0.2) is 15.9 Å². The smallest absolute Gasteiger partial charge is 0.251 e. The molecule has 1 heterocycles. The molecule has 0 saturated heterocycles. The zero-order valence-corrected chi connectivity index (χ0v) is 14.8. The fourth-order valence-electron chi connectivity index (χ4n) is 3.08. The van der Waals surface area contributed by atoms with Crippen LogP contribution in [0.15, 0.2) is 72.8 Å². The molecule has 4 nitrogen and oxygen atoms in total. The van der Waals surface area contributed by atoms with E-state index in [9.17, 15) is 13.6 Å². The first-order chi connectivity index (χ1) is 13.6. The molecule has 3 aromatic carbocycles. The van der Waals surface area contributed by atoms with Crippen LogP contribution in [0.3, 0.4) is 0 Å². The van der Waals surface area contributed by atoms with Crippen molar-refractivity contribution in [1.82, 2.24) is 15.3 Å². The summed E-state index contributed by atoms with van der Waals surface area (Å²) in [5.74, 6) is -1.95. The number of carbonyl (C=O) groups is 1. The van der Waals surface area contributed by atoms with Gasteiger partial charge in [-0.15, -0.1) is 0 Å². The Morgan fingerprint density at radius 1 is 0.964 bits per heavy atom. The summed E-state index contributed by atoms with van der Waals surface area (Å²) in [5.41, 5.74) is 2.71. The molecule has 0 aliphatic heterocycles. The van der Waals surface area contributed by atoms with Crippen LogP contribution in [0, 0.1) is 11.6 Å². The summed E-state index contributed by atoms with van der Waals surface area (Å²) in [5, 5.41) is 2.88. The van der Waals surface area contributed by atoms with Crippen molar-refractivity contribution < 1.29 is 13.6 Å². The van der Waals surface area contributed by atoms with Gasteiger partial charge in [-0.25, -0.2) is 13.8 Å². The molecule has 0 fully saturated rings. The largest absolute Gasteiger partial charge is 0.342 e. The Bertz CT molecular complexity index is 1090. The molecule has 1 aromatic heterocycles. The minimum absolute atomic E-state index is 0.0491. The van der Waals surface area contributed by atoms with E-state index in [0.717, 1.165) is 28.7 Å². The molecule has 0 aliphatic rings. The van der Waals surface area contributed by atoms with Gasteiger partial charge in [0.1, 0.15) is 5.82 Å². The minimum atomic E-state index is -1.06. The van der Waals surface area contributed by atoms with E-state index in [0.29, 0.717) is 12.2 Å².